The summed E-state index contributed by atoms with van der Waals surface area (Å²) >= 11 is 0. The fourth-order valence-corrected chi connectivity index (χ4v) is 2.56. The Kier molecular flexibility index (Phi) is 3.06. The molecule has 2 unspecified atom stereocenters. The third-order valence-corrected chi connectivity index (χ3v) is 3.82. The molecule has 1 saturated heterocycles. The standard InChI is InChI=1S/C12H19N3O3/c1-7-12(3,5-6-18-7)15-8(2)14-9(10(15)13)11(16)17-4/h7H,5-6,13H2,1-4H3. The van der Waals surface area contributed by atoms with Gasteiger partial charge in [-0.25, -0.2) is 9.78 Å². The van der Waals surface area contributed by atoms with Crippen molar-refractivity contribution in [2.75, 3.05) is 19.5 Å². The quantitative estimate of drug-likeness (QED) is 0.798. The SMILES string of the molecule is COC(=O)c1nc(C)n(C2(C)CCOC2C)c1N. The molecule has 18 heavy (non-hydrogen) atoms. The van der Waals surface area contributed by atoms with Gasteiger partial charge >= 0.3 is 5.97 Å². The van der Waals surface area contributed by atoms with E-state index in [0.717, 1.165) is 6.42 Å². The van der Waals surface area contributed by atoms with E-state index < -0.39 is 5.97 Å². The summed E-state index contributed by atoms with van der Waals surface area (Å²) in [4.78, 5) is 15.8. The van der Waals surface area contributed by atoms with E-state index in [1.165, 1.54) is 7.11 Å². The number of nitrogens with two attached hydrogens (primary N) is 1. The Morgan fingerprint density at radius 2 is 2.33 bits per heavy atom. The second-order valence-electron chi connectivity index (χ2n) is 4.84. The Morgan fingerprint density at radius 1 is 1.67 bits per heavy atom. The van der Waals surface area contributed by atoms with Crippen LogP contribution >= 0.6 is 0 Å². The monoisotopic (exact) mass is 253 g/mol. The van der Waals surface area contributed by atoms with Gasteiger partial charge in [0.2, 0.25) is 0 Å². The van der Waals surface area contributed by atoms with Crippen LogP contribution in [-0.2, 0) is 15.0 Å². The fraction of sp³-hybridized carbons (Fsp3) is 0.667. The lowest BCUT2D eigenvalue weighted by molar-refractivity contribution is 0.0594. The predicted molar refractivity (Wildman–Crippen MR) is 66.4 cm³/mol. The minimum atomic E-state index is -0.510. The maximum atomic E-state index is 11.6. The first kappa shape index (κ1) is 12.9. The number of imidazole rings is 1. The van der Waals surface area contributed by atoms with Crippen LogP contribution in [0.25, 0.3) is 0 Å². The van der Waals surface area contributed by atoms with Gasteiger partial charge in [0.1, 0.15) is 11.6 Å². The van der Waals surface area contributed by atoms with Crippen LogP contribution < -0.4 is 5.73 Å². The minimum absolute atomic E-state index is 0.0261. The summed E-state index contributed by atoms with van der Waals surface area (Å²) < 4.78 is 12.2. The third kappa shape index (κ3) is 1.68. The molecule has 2 rings (SSSR count). The molecule has 6 heteroatoms. The summed E-state index contributed by atoms with van der Waals surface area (Å²) in [5.41, 5.74) is 5.96. The average Bonchev–Trinajstić information content (AvgIpc) is 2.80. The van der Waals surface area contributed by atoms with Crippen LogP contribution in [0.5, 0.6) is 0 Å². The van der Waals surface area contributed by atoms with E-state index in [0.29, 0.717) is 18.2 Å². The van der Waals surface area contributed by atoms with E-state index in [1.54, 1.807) is 0 Å². The molecule has 2 atom stereocenters. The molecule has 1 aliphatic rings. The summed E-state index contributed by atoms with van der Waals surface area (Å²) in [6, 6.07) is 0. The third-order valence-electron chi connectivity index (χ3n) is 3.82. The number of hydrogen-bond donors (Lipinski definition) is 1. The number of nitrogen functional groups attached to an aromatic ring is 1. The maximum Gasteiger partial charge on any atom is 0.360 e. The molecule has 0 aromatic carbocycles. The lowest BCUT2D eigenvalue weighted by atomic mass is 9.94. The molecule has 0 bridgehead atoms. The number of anilines is 1. The molecular formula is C12H19N3O3. The number of rotatable bonds is 2. The summed E-state index contributed by atoms with van der Waals surface area (Å²) in [5.74, 6) is 0.538. The van der Waals surface area contributed by atoms with Gasteiger partial charge in [0, 0.05) is 6.61 Å². The first-order chi connectivity index (χ1) is 8.41. The lowest BCUT2D eigenvalue weighted by Crippen LogP contribution is -2.38. The minimum Gasteiger partial charge on any atom is -0.464 e. The molecule has 1 aromatic heterocycles. The van der Waals surface area contributed by atoms with E-state index in [9.17, 15) is 4.79 Å². The van der Waals surface area contributed by atoms with E-state index in [1.807, 2.05) is 18.4 Å². The largest absolute Gasteiger partial charge is 0.464 e. The number of esters is 1. The Labute approximate surface area is 106 Å². The van der Waals surface area contributed by atoms with Crippen LogP contribution in [0.1, 0.15) is 36.6 Å². The molecule has 0 amide bonds. The Bertz CT molecular complexity index is 483. The average molecular weight is 253 g/mol. The number of aromatic nitrogens is 2. The van der Waals surface area contributed by atoms with Crippen LogP contribution in [-0.4, -0.2) is 35.3 Å². The highest BCUT2D eigenvalue weighted by Crippen LogP contribution is 2.37. The molecule has 2 N–H and O–H groups in total. The van der Waals surface area contributed by atoms with Gasteiger partial charge in [-0.05, 0) is 27.2 Å². The smallest absolute Gasteiger partial charge is 0.360 e. The second kappa shape index (κ2) is 4.28. The van der Waals surface area contributed by atoms with Gasteiger partial charge in [-0.15, -0.1) is 0 Å². The molecular weight excluding hydrogens is 234 g/mol. The Morgan fingerprint density at radius 3 is 2.83 bits per heavy atom. The van der Waals surface area contributed by atoms with Crippen molar-refractivity contribution in [2.24, 2.45) is 0 Å². The van der Waals surface area contributed by atoms with Crippen LogP contribution in [0, 0.1) is 6.92 Å². The number of carbonyl (C=O) groups excluding carboxylic acids is 1. The van der Waals surface area contributed by atoms with Gasteiger partial charge in [-0.2, -0.15) is 0 Å². The number of hydrogen-bond acceptors (Lipinski definition) is 5. The molecule has 1 fully saturated rings. The number of carbonyl (C=O) groups is 1. The Balaban J connectivity index is 2.52. The van der Waals surface area contributed by atoms with Crippen LogP contribution in [0.3, 0.4) is 0 Å². The van der Waals surface area contributed by atoms with Gasteiger partial charge < -0.3 is 19.8 Å². The molecule has 1 aliphatic heterocycles. The van der Waals surface area contributed by atoms with Crippen molar-refractivity contribution < 1.29 is 14.3 Å². The first-order valence-electron chi connectivity index (χ1n) is 5.97. The molecule has 0 aliphatic carbocycles. The van der Waals surface area contributed by atoms with Crippen LogP contribution in [0.4, 0.5) is 5.82 Å². The van der Waals surface area contributed by atoms with Gasteiger partial charge in [0.25, 0.3) is 0 Å². The van der Waals surface area contributed by atoms with Crippen molar-refractivity contribution in [2.45, 2.75) is 38.8 Å². The Hall–Kier alpha value is -1.56. The first-order valence-corrected chi connectivity index (χ1v) is 5.97. The summed E-state index contributed by atoms with van der Waals surface area (Å²) in [6.07, 6.45) is 0.870. The number of aryl methyl sites for hydroxylation is 1. The molecule has 1 aromatic rings. The zero-order valence-corrected chi connectivity index (χ0v) is 11.2. The van der Waals surface area contributed by atoms with Gasteiger partial charge in [-0.1, -0.05) is 0 Å². The summed E-state index contributed by atoms with van der Waals surface area (Å²) in [6.45, 7) is 6.59. The van der Waals surface area contributed by atoms with Crippen molar-refractivity contribution in [3.05, 3.63) is 11.5 Å². The zero-order valence-electron chi connectivity index (χ0n) is 11.2. The van der Waals surface area contributed by atoms with Crippen molar-refractivity contribution in [1.82, 2.24) is 9.55 Å². The molecule has 0 spiro atoms. The van der Waals surface area contributed by atoms with Crippen LogP contribution in [0.2, 0.25) is 0 Å². The topological polar surface area (TPSA) is 79.4 Å². The van der Waals surface area contributed by atoms with Gasteiger partial charge in [0.05, 0.1) is 18.8 Å². The van der Waals surface area contributed by atoms with E-state index >= 15 is 0 Å². The second-order valence-corrected chi connectivity index (χ2v) is 4.84. The number of methoxy groups -OCH3 is 1. The van der Waals surface area contributed by atoms with Crippen molar-refractivity contribution in [3.63, 3.8) is 0 Å². The molecule has 0 saturated carbocycles. The fourth-order valence-electron chi connectivity index (χ4n) is 2.56. The predicted octanol–water partition coefficient (Wildman–Crippen LogP) is 1.08. The normalized spacial score (nSPS) is 27.4. The summed E-state index contributed by atoms with van der Waals surface area (Å²) in [7, 11) is 1.32. The van der Waals surface area contributed by atoms with E-state index in [4.69, 9.17) is 10.5 Å². The highest BCUT2D eigenvalue weighted by molar-refractivity contribution is 5.92. The number of ether oxygens (including phenoxy) is 2. The van der Waals surface area contributed by atoms with Gasteiger partial charge in [0.15, 0.2) is 5.69 Å². The lowest BCUT2D eigenvalue weighted by Gasteiger charge is -2.31. The molecule has 0 radical (unpaired) electrons. The van der Waals surface area contributed by atoms with Crippen molar-refractivity contribution in [1.29, 1.82) is 0 Å². The number of nitrogens with zero attached hydrogens (tertiary/aromatic N) is 2. The van der Waals surface area contributed by atoms with Crippen molar-refractivity contribution in [3.8, 4) is 0 Å². The maximum absolute atomic E-state index is 11.6. The highest BCUT2D eigenvalue weighted by atomic mass is 16.5. The molecule has 2 heterocycles. The highest BCUT2D eigenvalue weighted by Gasteiger charge is 2.41. The molecule has 6 nitrogen and oxygen atoms in total. The molecule has 100 valence electrons. The van der Waals surface area contributed by atoms with E-state index in [2.05, 4.69) is 16.6 Å². The zero-order chi connectivity index (χ0) is 13.5. The van der Waals surface area contributed by atoms with E-state index in [-0.39, 0.29) is 17.3 Å². The van der Waals surface area contributed by atoms with Crippen molar-refractivity contribution >= 4 is 11.8 Å². The van der Waals surface area contributed by atoms with Gasteiger partial charge in [-0.3, -0.25) is 0 Å². The van der Waals surface area contributed by atoms with Crippen LogP contribution in [0.15, 0.2) is 0 Å². The summed E-state index contributed by atoms with van der Waals surface area (Å²) in [5, 5.41) is 0.